The fourth-order valence-corrected chi connectivity index (χ4v) is 4.25. The highest BCUT2D eigenvalue weighted by atomic mass is 16.3. The van der Waals surface area contributed by atoms with Gasteiger partial charge in [0.05, 0.1) is 11.2 Å². The zero-order valence-corrected chi connectivity index (χ0v) is 14.6. The molecule has 1 atom stereocenters. The van der Waals surface area contributed by atoms with Gasteiger partial charge in [-0.05, 0) is 54.3 Å². The lowest BCUT2D eigenvalue weighted by molar-refractivity contribution is -0.116. The molecule has 0 saturated carbocycles. The second-order valence-corrected chi connectivity index (χ2v) is 7.08. The number of ketones is 1. The lowest BCUT2D eigenvalue weighted by Gasteiger charge is -2.34. The van der Waals surface area contributed by atoms with E-state index in [0.717, 1.165) is 51.8 Å². The van der Waals surface area contributed by atoms with E-state index in [4.69, 9.17) is 0 Å². The first-order chi connectivity index (χ1) is 13.1. The lowest BCUT2D eigenvalue weighted by Crippen LogP contribution is -2.27. The minimum Gasteiger partial charge on any atom is -0.504 e. The largest absolute Gasteiger partial charge is 0.504 e. The van der Waals surface area contributed by atoms with E-state index in [1.165, 1.54) is 6.07 Å². The van der Waals surface area contributed by atoms with Crippen molar-refractivity contribution in [1.82, 2.24) is 4.98 Å². The van der Waals surface area contributed by atoms with Crippen molar-refractivity contribution in [3.8, 4) is 11.5 Å². The lowest BCUT2D eigenvalue weighted by atomic mass is 9.75. The number of pyridine rings is 1. The summed E-state index contributed by atoms with van der Waals surface area (Å²) in [7, 11) is 0. The van der Waals surface area contributed by atoms with Crippen LogP contribution in [0.15, 0.2) is 59.9 Å². The summed E-state index contributed by atoms with van der Waals surface area (Å²) in [6, 6.07) is 12.7. The summed E-state index contributed by atoms with van der Waals surface area (Å²) < 4.78 is 0. The summed E-state index contributed by atoms with van der Waals surface area (Å²) in [6.07, 6.45) is 3.95. The van der Waals surface area contributed by atoms with Crippen LogP contribution in [0.1, 0.15) is 36.3 Å². The molecule has 2 aromatic carbocycles. The standard InChI is InChI=1S/C22H18N2O3/c25-17-9-6-12(11-19(17)27)20-14-7-8-15-13(3-2-10-23-15)22(14)24-16-4-1-5-18(26)21(16)20/h2-3,6-11,20,24-25,27H,1,4-5H2. The van der Waals surface area contributed by atoms with Gasteiger partial charge in [0.1, 0.15) is 0 Å². The monoisotopic (exact) mass is 358 g/mol. The molecule has 0 fully saturated rings. The van der Waals surface area contributed by atoms with E-state index in [2.05, 4.69) is 10.3 Å². The zero-order valence-electron chi connectivity index (χ0n) is 14.6. The highest BCUT2D eigenvalue weighted by molar-refractivity contribution is 6.04. The smallest absolute Gasteiger partial charge is 0.161 e. The van der Waals surface area contributed by atoms with Gasteiger partial charge < -0.3 is 15.5 Å². The van der Waals surface area contributed by atoms with Gasteiger partial charge in [-0.2, -0.15) is 0 Å². The van der Waals surface area contributed by atoms with Crippen molar-refractivity contribution in [3.63, 3.8) is 0 Å². The van der Waals surface area contributed by atoms with Crippen molar-refractivity contribution < 1.29 is 15.0 Å². The Bertz CT molecular complexity index is 1130. The second kappa shape index (κ2) is 5.84. The van der Waals surface area contributed by atoms with E-state index in [-0.39, 0.29) is 23.2 Å². The molecule has 3 aromatic rings. The van der Waals surface area contributed by atoms with Crippen molar-refractivity contribution >= 4 is 22.4 Å². The maximum absolute atomic E-state index is 12.8. The van der Waals surface area contributed by atoms with Crippen molar-refractivity contribution in [2.45, 2.75) is 25.2 Å². The van der Waals surface area contributed by atoms with Crippen molar-refractivity contribution in [3.05, 3.63) is 71.1 Å². The van der Waals surface area contributed by atoms with Gasteiger partial charge in [-0.1, -0.05) is 12.1 Å². The molecule has 5 nitrogen and oxygen atoms in total. The Morgan fingerprint density at radius 2 is 1.93 bits per heavy atom. The van der Waals surface area contributed by atoms with Gasteiger partial charge >= 0.3 is 0 Å². The number of nitrogens with one attached hydrogen (secondary N) is 1. The Labute approximate surface area is 156 Å². The molecular formula is C22H18N2O3. The van der Waals surface area contributed by atoms with Gasteiger partial charge in [0.2, 0.25) is 0 Å². The summed E-state index contributed by atoms with van der Waals surface area (Å²) in [5.41, 5.74) is 5.34. The number of phenols is 2. The van der Waals surface area contributed by atoms with Gasteiger partial charge in [-0.25, -0.2) is 0 Å². The van der Waals surface area contributed by atoms with Crippen LogP contribution < -0.4 is 5.32 Å². The molecule has 0 bridgehead atoms. The predicted octanol–water partition coefficient (Wildman–Crippen LogP) is 4.21. The minimum absolute atomic E-state index is 0.137. The Morgan fingerprint density at radius 3 is 2.78 bits per heavy atom. The molecule has 5 rings (SSSR count). The Morgan fingerprint density at radius 1 is 1.04 bits per heavy atom. The Balaban J connectivity index is 1.80. The Hall–Kier alpha value is -3.34. The molecule has 2 aliphatic rings. The SMILES string of the molecule is O=C1CCCC2=C1C(c1ccc(O)c(O)c1)c1ccc3ncccc3c1N2. The number of benzene rings is 2. The topological polar surface area (TPSA) is 82.5 Å². The summed E-state index contributed by atoms with van der Waals surface area (Å²) >= 11 is 0. The average Bonchev–Trinajstić information content (AvgIpc) is 2.69. The summed E-state index contributed by atoms with van der Waals surface area (Å²) in [4.78, 5) is 17.3. The molecule has 0 saturated heterocycles. The van der Waals surface area contributed by atoms with Crippen molar-refractivity contribution in [2.75, 3.05) is 5.32 Å². The Kier molecular flexibility index (Phi) is 3.44. The number of aromatic hydroxyl groups is 2. The molecule has 0 amide bonds. The van der Waals surface area contributed by atoms with E-state index in [1.54, 1.807) is 18.3 Å². The maximum Gasteiger partial charge on any atom is 0.161 e. The number of nitrogens with zero attached hydrogens (tertiary/aromatic N) is 1. The van der Waals surface area contributed by atoms with Gasteiger partial charge in [0, 0.05) is 35.2 Å². The summed E-state index contributed by atoms with van der Waals surface area (Å²) in [5, 5.41) is 24.3. The molecule has 1 unspecified atom stereocenters. The van der Waals surface area contributed by atoms with Crippen LogP contribution in [0.4, 0.5) is 5.69 Å². The number of hydrogen-bond acceptors (Lipinski definition) is 5. The predicted molar refractivity (Wildman–Crippen MR) is 103 cm³/mol. The maximum atomic E-state index is 12.8. The van der Waals surface area contributed by atoms with Crippen LogP contribution in [0.25, 0.3) is 10.9 Å². The fourth-order valence-electron chi connectivity index (χ4n) is 4.25. The highest BCUT2D eigenvalue weighted by Crippen LogP contribution is 2.48. The van der Waals surface area contributed by atoms with Crippen LogP contribution in [0.2, 0.25) is 0 Å². The number of allylic oxidation sites excluding steroid dienone is 2. The number of Topliss-reactive ketones (excluding diaryl/α,β-unsaturated/α-hetero) is 1. The van der Waals surface area contributed by atoms with Crippen LogP contribution >= 0.6 is 0 Å². The molecule has 0 spiro atoms. The number of rotatable bonds is 1. The number of aromatic nitrogens is 1. The van der Waals surface area contributed by atoms with Crippen LogP contribution in [0.5, 0.6) is 11.5 Å². The average molecular weight is 358 g/mol. The van der Waals surface area contributed by atoms with Gasteiger partial charge in [0.15, 0.2) is 17.3 Å². The normalized spacial score (nSPS) is 18.8. The van der Waals surface area contributed by atoms with Crippen LogP contribution in [0, 0.1) is 0 Å². The van der Waals surface area contributed by atoms with Crippen molar-refractivity contribution in [2.24, 2.45) is 0 Å². The number of carbonyl (C=O) groups is 1. The molecule has 1 aromatic heterocycles. The first-order valence-corrected chi connectivity index (χ1v) is 9.06. The van der Waals surface area contributed by atoms with Crippen LogP contribution in [0.3, 0.4) is 0 Å². The van der Waals surface area contributed by atoms with Crippen LogP contribution in [-0.4, -0.2) is 21.0 Å². The molecule has 3 N–H and O–H groups in total. The molecule has 27 heavy (non-hydrogen) atoms. The highest BCUT2D eigenvalue weighted by Gasteiger charge is 2.35. The fraction of sp³-hybridized carbons (Fsp3) is 0.182. The van der Waals surface area contributed by atoms with E-state index in [0.29, 0.717) is 6.42 Å². The third-order valence-electron chi connectivity index (χ3n) is 5.48. The summed E-state index contributed by atoms with van der Waals surface area (Å²) in [6.45, 7) is 0. The molecule has 134 valence electrons. The van der Waals surface area contributed by atoms with E-state index >= 15 is 0 Å². The van der Waals surface area contributed by atoms with Crippen molar-refractivity contribution in [1.29, 1.82) is 0 Å². The third-order valence-corrected chi connectivity index (χ3v) is 5.48. The number of phenolic OH excluding ortho intramolecular Hbond substituents is 2. The first kappa shape index (κ1) is 15.9. The number of carbonyl (C=O) groups excluding carboxylic acids is 1. The second-order valence-electron chi connectivity index (χ2n) is 7.08. The first-order valence-electron chi connectivity index (χ1n) is 9.06. The van der Waals surface area contributed by atoms with E-state index in [1.807, 2.05) is 24.3 Å². The van der Waals surface area contributed by atoms with Gasteiger partial charge in [-0.3, -0.25) is 9.78 Å². The minimum atomic E-state index is -0.278. The number of hydrogen-bond donors (Lipinski definition) is 3. The molecule has 0 radical (unpaired) electrons. The van der Waals surface area contributed by atoms with E-state index < -0.39 is 0 Å². The molecule has 5 heteroatoms. The zero-order chi connectivity index (χ0) is 18.5. The number of anilines is 1. The summed E-state index contributed by atoms with van der Waals surface area (Å²) in [5.74, 6) is -0.487. The van der Waals surface area contributed by atoms with Gasteiger partial charge in [-0.15, -0.1) is 0 Å². The van der Waals surface area contributed by atoms with Gasteiger partial charge in [0.25, 0.3) is 0 Å². The molecule has 1 aliphatic carbocycles. The molecule has 2 heterocycles. The van der Waals surface area contributed by atoms with E-state index in [9.17, 15) is 15.0 Å². The van der Waals surface area contributed by atoms with Crippen LogP contribution in [-0.2, 0) is 4.79 Å². The molecule has 1 aliphatic heterocycles. The number of fused-ring (bicyclic) bond motifs is 3. The quantitative estimate of drug-likeness (QED) is 0.568. The molecular weight excluding hydrogens is 340 g/mol. The third kappa shape index (κ3) is 2.39.